The number of halogens is 2. The fourth-order valence-corrected chi connectivity index (χ4v) is 2.34. The van der Waals surface area contributed by atoms with Crippen molar-refractivity contribution in [2.75, 3.05) is 13.6 Å². The van der Waals surface area contributed by atoms with Crippen LogP contribution in [-0.2, 0) is 6.61 Å². The Morgan fingerprint density at radius 1 is 1.19 bits per heavy atom. The number of ether oxygens (including phenoxy) is 1. The molecule has 0 aliphatic rings. The van der Waals surface area contributed by atoms with Gasteiger partial charge in [-0.15, -0.1) is 0 Å². The van der Waals surface area contributed by atoms with Gasteiger partial charge in [-0.05, 0) is 42.3 Å². The average molecular weight is 308 g/mol. The van der Waals surface area contributed by atoms with E-state index in [1.54, 1.807) is 6.07 Å². The van der Waals surface area contributed by atoms with Crippen LogP contribution >= 0.6 is 11.6 Å². The van der Waals surface area contributed by atoms with Gasteiger partial charge < -0.3 is 10.1 Å². The Labute approximate surface area is 129 Å². The van der Waals surface area contributed by atoms with E-state index in [-0.39, 0.29) is 10.8 Å². The molecule has 1 atom stereocenters. The lowest BCUT2D eigenvalue weighted by molar-refractivity contribution is 0.306. The summed E-state index contributed by atoms with van der Waals surface area (Å²) in [5, 5.41) is 3.45. The fraction of sp³-hybridized carbons (Fsp3) is 0.294. The number of likely N-dealkylation sites (N-methyl/N-ethyl adjacent to an activating group) is 1. The molecule has 21 heavy (non-hydrogen) atoms. The molecule has 0 heterocycles. The Morgan fingerprint density at radius 2 is 1.90 bits per heavy atom. The number of nitrogens with one attached hydrogen (secondary N) is 1. The zero-order valence-electron chi connectivity index (χ0n) is 12.2. The Balaban J connectivity index is 1.97. The van der Waals surface area contributed by atoms with Crippen molar-refractivity contribution in [3.63, 3.8) is 0 Å². The van der Waals surface area contributed by atoms with Gasteiger partial charge in [0.2, 0.25) is 0 Å². The van der Waals surface area contributed by atoms with E-state index in [4.69, 9.17) is 16.3 Å². The van der Waals surface area contributed by atoms with Gasteiger partial charge in [0.1, 0.15) is 18.2 Å². The van der Waals surface area contributed by atoms with Crippen LogP contribution in [0.5, 0.6) is 5.75 Å². The van der Waals surface area contributed by atoms with Crippen LogP contribution in [0.1, 0.15) is 24.0 Å². The molecular formula is C17H19ClFNO. The molecule has 0 aliphatic carbocycles. The van der Waals surface area contributed by atoms with E-state index < -0.39 is 0 Å². The lowest BCUT2D eigenvalue weighted by Gasteiger charge is -2.12. The first kappa shape index (κ1) is 15.8. The predicted molar refractivity (Wildman–Crippen MR) is 84.5 cm³/mol. The van der Waals surface area contributed by atoms with Crippen molar-refractivity contribution in [3.05, 3.63) is 64.4 Å². The van der Waals surface area contributed by atoms with Crippen molar-refractivity contribution in [1.82, 2.24) is 5.32 Å². The highest BCUT2D eigenvalue weighted by molar-refractivity contribution is 6.32. The summed E-state index contributed by atoms with van der Waals surface area (Å²) in [5.41, 5.74) is 2.34. The van der Waals surface area contributed by atoms with Crippen molar-refractivity contribution in [1.29, 1.82) is 0 Å². The molecule has 1 unspecified atom stereocenters. The average Bonchev–Trinajstić information content (AvgIpc) is 2.47. The summed E-state index contributed by atoms with van der Waals surface area (Å²) in [6.45, 7) is 3.54. The molecule has 0 aromatic heterocycles. The van der Waals surface area contributed by atoms with Gasteiger partial charge in [0.15, 0.2) is 0 Å². The Hall–Kier alpha value is -1.58. The monoisotopic (exact) mass is 307 g/mol. The molecule has 0 amide bonds. The molecule has 2 rings (SSSR count). The van der Waals surface area contributed by atoms with Crippen molar-refractivity contribution >= 4 is 11.6 Å². The van der Waals surface area contributed by atoms with Crippen molar-refractivity contribution in [2.24, 2.45) is 0 Å². The van der Waals surface area contributed by atoms with Gasteiger partial charge in [0, 0.05) is 6.54 Å². The molecule has 1 N–H and O–H groups in total. The Kier molecular flexibility index (Phi) is 5.59. The van der Waals surface area contributed by atoms with E-state index in [2.05, 4.69) is 24.4 Å². The third kappa shape index (κ3) is 4.45. The van der Waals surface area contributed by atoms with E-state index in [1.807, 2.05) is 19.2 Å². The van der Waals surface area contributed by atoms with E-state index in [0.29, 0.717) is 18.3 Å². The molecule has 4 heteroatoms. The second-order valence-corrected chi connectivity index (χ2v) is 5.47. The Morgan fingerprint density at radius 3 is 2.52 bits per heavy atom. The highest BCUT2D eigenvalue weighted by Crippen LogP contribution is 2.26. The molecule has 0 bridgehead atoms. The summed E-state index contributed by atoms with van der Waals surface area (Å²) >= 11 is 5.93. The molecule has 0 aliphatic heterocycles. The first-order valence-electron chi connectivity index (χ1n) is 6.91. The second-order valence-electron chi connectivity index (χ2n) is 5.06. The van der Waals surface area contributed by atoms with Gasteiger partial charge in [0.25, 0.3) is 0 Å². The molecule has 2 nitrogen and oxygen atoms in total. The first-order chi connectivity index (χ1) is 10.1. The number of hydrogen-bond donors (Lipinski definition) is 1. The normalized spacial score (nSPS) is 12.2. The molecule has 0 radical (unpaired) electrons. The minimum absolute atomic E-state index is 0.286. The summed E-state index contributed by atoms with van der Waals surface area (Å²) in [7, 11) is 1.95. The van der Waals surface area contributed by atoms with Crippen LogP contribution in [0.15, 0.2) is 42.5 Å². The first-order valence-corrected chi connectivity index (χ1v) is 7.29. The number of hydrogen-bond acceptors (Lipinski definition) is 2. The van der Waals surface area contributed by atoms with E-state index in [1.165, 1.54) is 17.7 Å². The molecule has 112 valence electrons. The van der Waals surface area contributed by atoms with Crippen LogP contribution in [0, 0.1) is 5.82 Å². The SMILES string of the molecule is CNCC(C)c1ccc(COc2ccc(F)cc2Cl)cc1. The van der Waals surface area contributed by atoms with Gasteiger partial charge in [-0.25, -0.2) is 4.39 Å². The predicted octanol–water partition coefficient (Wildman–Crippen LogP) is 4.38. The molecule has 2 aromatic rings. The van der Waals surface area contributed by atoms with Gasteiger partial charge in [-0.1, -0.05) is 42.8 Å². The van der Waals surface area contributed by atoms with Gasteiger partial charge in [-0.3, -0.25) is 0 Å². The maximum Gasteiger partial charge on any atom is 0.138 e. The molecule has 2 aromatic carbocycles. The smallest absolute Gasteiger partial charge is 0.138 e. The molecular weight excluding hydrogens is 289 g/mol. The zero-order chi connectivity index (χ0) is 15.2. The van der Waals surface area contributed by atoms with Crippen molar-refractivity contribution < 1.29 is 9.13 Å². The lowest BCUT2D eigenvalue weighted by Crippen LogP contribution is -2.14. The number of benzene rings is 2. The van der Waals surface area contributed by atoms with E-state index in [9.17, 15) is 4.39 Å². The maximum atomic E-state index is 12.9. The standard InChI is InChI=1S/C17H19ClFNO/c1-12(10-20-2)14-5-3-13(4-6-14)11-21-17-8-7-15(19)9-16(17)18/h3-9,12,20H,10-11H2,1-2H3. The van der Waals surface area contributed by atoms with Crippen LogP contribution < -0.4 is 10.1 Å². The molecule has 0 fully saturated rings. The topological polar surface area (TPSA) is 21.3 Å². The lowest BCUT2D eigenvalue weighted by atomic mass is 10.00. The third-order valence-electron chi connectivity index (χ3n) is 3.35. The molecule has 0 spiro atoms. The molecule has 0 saturated heterocycles. The van der Waals surface area contributed by atoms with Crippen LogP contribution in [0.3, 0.4) is 0 Å². The minimum Gasteiger partial charge on any atom is -0.487 e. The fourth-order valence-electron chi connectivity index (χ4n) is 2.12. The zero-order valence-corrected chi connectivity index (χ0v) is 13.0. The largest absolute Gasteiger partial charge is 0.487 e. The Bertz CT molecular complexity index is 586. The van der Waals surface area contributed by atoms with Crippen LogP contribution in [0.2, 0.25) is 5.02 Å². The maximum absolute atomic E-state index is 12.9. The molecule has 0 saturated carbocycles. The van der Waals surface area contributed by atoms with Crippen molar-refractivity contribution in [2.45, 2.75) is 19.4 Å². The van der Waals surface area contributed by atoms with Crippen LogP contribution in [-0.4, -0.2) is 13.6 Å². The minimum atomic E-state index is -0.366. The third-order valence-corrected chi connectivity index (χ3v) is 3.64. The highest BCUT2D eigenvalue weighted by Gasteiger charge is 2.06. The number of rotatable bonds is 6. The van der Waals surface area contributed by atoms with Gasteiger partial charge in [0.05, 0.1) is 5.02 Å². The van der Waals surface area contributed by atoms with Crippen LogP contribution in [0.4, 0.5) is 4.39 Å². The summed E-state index contributed by atoms with van der Waals surface area (Å²) in [4.78, 5) is 0. The second kappa shape index (κ2) is 7.43. The van der Waals surface area contributed by atoms with E-state index >= 15 is 0 Å². The summed E-state index contributed by atoms with van der Waals surface area (Å²) < 4.78 is 18.6. The van der Waals surface area contributed by atoms with E-state index in [0.717, 1.165) is 12.1 Å². The van der Waals surface area contributed by atoms with Gasteiger partial charge in [-0.2, -0.15) is 0 Å². The quantitative estimate of drug-likeness (QED) is 0.855. The summed E-state index contributed by atoms with van der Waals surface area (Å²) in [5.74, 6) is 0.595. The van der Waals surface area contributed by atoms with Crippen LogP contribution in [0.25, 0.3) is 0 Å². The van der Waals surface area contributed by atoms with Gasteiger partial charge >= 0.3 is 0 Å². The highest BCUT2D eigenvalue weighted by atomic mass is 35.5. The summed E-state index contributed by atoms with van der Waals surface area (Å²) in [6.07, 6.45) is 0. The van der Waals surface area contributed by atoms with Crippen molar-refractivity contribution in [3.8, 4) is 5.75 Å². The summed E-state index contributed by atoms with van der Waals surface area (Å²) in [6, 6.07) is 12.4.